The summed E-state index contributed by atoms with van der Waals surface area (Å²) in [5.41, 5.74) is 0. The molecule has 0 aromatic heterocycles. The highest BCUT2D eigenvalue weighted by Gasteiger charge is 2.25. The maximum absolute atomic E-state index is 2.48. The van der Waals surface area contributed by atoms with Crippen LogP contribution in [-0.2, 0) is 0 Å². The second-order valence-corrected chi connectivity index (χ2v) is 13.4. The molecule has 0 aliphatic rings. The summed E-state index contributed by atoms with van der Waals surface area (Å²) in [7, 11) is -0.965. The van der Waals surface area contributed by atoms with Crippen molar-refractivity contribution in [2.75, 3.05) is 0 Å². The molecule has 9 rings (SSSR count). The van der Waals surface area contributed by atoms with Gasteiger partial charge in [0.2, 0.25) is 0 Å². The maximum Gasteiger partial charge on any atom is 0 e. The molecule has 0 spiro atoms. The van der Waals surface area contributed by atoms with Crippen LogP contribution in [-0.4, -0.2) is 8.41 Å². The molecular formula is C42H27BP. The number of hydrogen-bond donors (Lipinski definition) is 0. The van der Waals surface area contributed by atoms with Crippen LogP contribution in [0.5, 0.6) is 0 Å². The lowest BCUT2D eigenvalue weighted by Crippen LogP contribution is -2.23. The van der Waals surface area contributed by atoms with Gasteiger partial charge in [0.25, 0.3) is 0 Å². The number of hydrogen-bond acceptors (Lipinski definition) is 0. The molecule has 0 saturated carbocycles. The summed E-state index contributed by atoms with van der Waals surface area (Å²) in [6.45, 7) is 0. The predicted octanol–water partition coefficient (Wildman–Crippen LogP) is 9.98. The van der Waals surface area contributed by atoms with Crippen LogP contribution in [0, 0.1) is 0 Å². The molecule has 0 N–H and O–H groups in total. The van der Waals surface area contributed by atoms with Crippen LogP contribution in [0.1, 0.15) is 0 Å². The van der Waals surface area contributed by atoms with Crippen LogP contribution in [0.2, 0.25) is 0 Å². The van der Waals surface area contributed by atoms with E-state index in [1.54, 1.807) is 0 Å². The summed E-state index contributed by atoms with van der Waals surface area (Å²) >= 11 is 0. The van der Waals surface area contributed by atoms with E-state index in [0.717, 1.165) is 0 Å². The van der Waals surface area contributed by atoms with E-state index >= 15 is 0 Å². The van der Waals surface area contributed by atoms with Crippen molar-refractivity contribution in [2.45, 2.75) is 0 Å². The normalized spacial score (nSPS) is 11.7. The van der Waals surface area contributed by atoms with Gasteiger partial charge in [-0.2, -0.15) is 0 Å². The van der Waals surface area contributed by atoms with Gasteiger partial charge in [-0.1, -0.05) is 146 Å². The Balaban J connectivity index is 0.00000289. The Morgan fingerprint density at radius 2 is 0.477 bits per heavy atom. The maximum atomic E-state index is 2.48. The van der Waals surface area contributed by atoms with E-state index < -0.39 is 7.92 Å². The summed E-state index contributed by atoms with van der Waals surface area (Å²) in [6, 6.07) is 61.1. The third-order valence-corrected chi connectivity index (χ3v) is 11.5. The molecule has 0 bridgehead atoms. The van der Waals surface area contributed by atoms with Crippen LogP contribution in [0.15, 0.2) is 164 Å². The smallest absolute Gasteiger partial charge is 0 e. The van der Waals surface area contributed by atoms with Crippen molar-refractivity contribution in [3.63, 3.8) is 0 Å². The van der Waals surface area contributed by atoms with E-state index in [0.29, 0.717) is 0 Å². The van der Waals surface area contributed by atoms with Crippen molar-refractivity contribution in [3.8, 4) is 0 Å². The monoisotopic (exact) mass is 573 g/mol. The number of fused-ring (bicyclic) bond motifs is 9. The summed E-state index contributed by atoms with van der Waals surface area (Å²) in [5, 5.41) is 20.0. The summed E-state index contributed by atoms with van der Waals surface area (Å²) in [5.74, 6) is 0. The predicted molar refractivity (Wildman–Crippen MR) is 196 cm³/mol. The molecule has 0 aliphatic carbocycles. The molecule has 2 heteroatoms. The van der Waals surface area contributed by atoms with Gasteiger partial charge in [0, 0.05) is 8.41 Å². The Morgan fingerprint density at radius 3 is 0.773 bits per heavy atom. The molecule has 44 heavy (non-hydrogen) atoms. The van der Waals surface area contributed by atoms with Crippen molar-refractivity contribution < 1.29 is 0 Å². The van der Waals surface area contributed by atoms with Crippen LogP contribution in [0.25, 0.3) is 64.6 Å². The summed E-state index contributed by atoms with van der Waals surface area (Å²) < 4.78 is 0. The molecule has 0 nitrogen and oxygen atoms in total. The molecule has 0 amide bonds. The minimum absolute atomic E-state index is 0. The SMILES string of the molecule is [B].c1ccc2c(c1)cc(P(c1cc3ccccc3c3ccccc13)c1cc3ccccc3c3ccccc13)c1ccccc12. The second-order valence-electron chi connectivity index (χ2n) is 11.3. The Kier molecular flexibility index (Phi) is 6.44. The lowest BCUT2D eigenvalue weighted by molar-refractivity contribution is 1.77. The van der Waals surface area contributed by atoms with E-state index in [1.165, 1.54) is 80.5 Å². The van der Waals surface area contributed by atoms with Gasteiger partial charge in [0.1, 0.15) is 0 Å². The second kappa shape index (κ2) is 10.6. The molecule has 9 aromatic carbocycles. The first-order chi connectivity index (χ1) is 21.3. The van der Waals surface area contributed by atoms with E-state index in [4.69, 9.17) is 0 Å². The van der Waals surface area contributed by atoms with Crippen LogP contribution in [0.4, 0.5) is 0 Å². The fourth-order valence-electron chi connectivity index (χ4n) is 7.05. The molecular weight excluding hydrogens is 546 g/mol. The fourth-order valence-corrected chi connectivity index (χ4v) is 9.94. The highest BCUT2D eigenvalue weighted by Crippen LogP contribution is 2.44. The van der Waals surface area contributed by atoms with Gasteiger partial charge in [-0.25, -0.2) is 0 Å². The first kappa shape index (κ1) is 26.6. The molecule has 0 heterocycles. The van der Waals surface area contributed by atoms with Crippen molar-refractivity contribution in [1.29, 1.82) is 0 Å². The molecule has 203 valence electrons. The van der Waals surface area contributed by atoms with Crippen LogP contribution in [0.3, 0.4) is 0 Å². The molecule has 0 aliphatic heterocycles. The summed E-state index contributed by atoms with van der Waals surface area (Å²) in [4.78, 5) is 0. The lowest BCUT2D eigenvalue weighted by Gasteiger charge is -2.26. The summed E-state index contributed by atoms with van der Waals surface area (Å²) in [6.07, 6.45) is 0. The molecule has 0 saturated heterocycles. The minimum Gasteiger partial charge on any atom is -0.0616 e. The van der Waals surface area contributed by atoms with Gasteiger partial charge in [0.05, 0.1) is 0 Å². The molecule has 0 atom stereocenters. The van der Waals surface area contributed by atoms with E-state index in [1.807, 2.05) is 0 Å². The van der Waals surface area contributed by atoms with Gasteiger partial charge in [-0.3, -0.25) is 0 Å². The van der Waals surface area contributed by atoms with E-state index in [9.17, 15) is 0 Å². The van der Waals surface area contributed by atoms with Gasteiger partial charge in [-0.05, 0) is 107 Å². The van der Waals surface area contributed by atoms with Crippen molar-refractivity contribution >= 4 is 96.9 Å². The Hall–Kier alpha value is -4.97. The largest absolute Gasteiger partial charge is 0.0616 e. The average Bonchev–Trinajstić information content (AvgIpc) is 3.08. The van der Waals surface area contributed by atoms with Gasteiger partial charge in [0.15, 0.2) is 0 Å². The van der Waals surface area contributed by atoms with Crippen LogP contribution >= 0.6 is 7.92 Å². The highest BCUT2D eigenvalue weighted by molar-refractivity contribution is 7.81. The topological polar surface area (TPSA) is 0 Å². The van der Waals surface area contributed by atoms with Crippen molar-refractivity contribution in [2.24, 2.45) is 0 Å². The zero-order chi connectivity index (χ0) is 28.3. The third-order valence-electron chi connectivity index (χ3n) is 8.96. The van der Waals surface area contributed by atoms with E-state index in [2.05, 4.69) is 164 Å². The van der Waals surface area contributed by atoms with Gasteiger partial charge in [-0.15, -0.1) is 0 Å². The molecule has 3 radical (unpaired) electrons. The first-order valence-corrected chi connectivity index (χ1v) is 16.2. The van der Waals surface area contributed by atoms with E-state index in [-0.39, 0.29) is 8.41 Å². The Bertz CT molecular complexity index is 2250. The highest BCUT2D eigenvalue weighted by atomic mass is 31.1. The lowest BCUT2D eigenvalue weighted by atomic mass is 10.0. The molecule has 0 unspecified atom stereocenters. The Morgan fingerprint density at radius 1 is 0.250 bits per heavy atom. The average molecular weight is 573 g/mol. The third kappa shape index (κ3) is 4.05. The van der Waals surface area contributed by atoms with Crippen molar-refractivity contribution in [3.05, 3.63) is 164 Å². The quantitative estimate of drug-likeness (QED) is 0.112. The fraction of sp³-hybridized carbons (Fsp3) is 0. The number of rotatable bonds is 3. The first-order valence-electron chi connectivity index (χ1n) is 14.9. The zero-order valence-corrected chi connectivity index (χ0v) is 25.0. The molecule has 9 aromatic rings. The molecule has 0 fully saturated rings. The van der Waals surface area contributed by atoms with Gasteiger partial charge >= 0.3 is 0 Å². The zero-order valence-electron chi connectivity index (χ0n) is 24.1. The minimum atomic E-state index is -0.965. The van der Waals surface area contributed by atoms with Gasteiger partial charge < -0.3 is 0 Å². The Labute approximate surface area is 259 Å². The van der Waals surface area contributed by atoms with Crippen molar-refractivity contribution in [1.82, 2.24) is 0 Å². The number of benzene rings is 9. The van der Waals surface area contributed by atoms with Crippen LogP contribution < -0.4 is 15.9 Å². The standard InChI is InChI=1S/C42H27P.B/c1-4-16-31-28(13-1)25-40(37-22-10-7-19-34(31)37)43(41-26-29-14-2-5-17-32(29)35-20-8-11-23-38(35)41)42-27-30-15-3-6-18-33(30)36-21-9-12-24-39(36)42;/h1-27H;.